The molecule has 1 rings (SSSR count). The van der Waals surface area contributed by atoms with Crippen molar-refractivity contribution < 1.29 is 29.6 Å². The van der Waals surface area contributed by atoms with E-state index in [9.17, 15) is 9.90 Å². The zero-order chi connectivity index (χ0) is 12.1. The fourth-order valence-electron chi connectivity index (χ4n) is 1.02. The molecule has 6 heteroatoms. The van der Waals surface area contributed by atoms with E-state index in [0.29, 0.717) is 6.61 Å². The quantitative estimate of drug-likeness (QED) is 0.295. The van der Waals surface area contributed by atoms with Crippen molar-refractivity contribution in [3.8, 4) is 0 Å². The minimum Gasteiger partial charge on any atom is -0.459 e. The molecule has 3 unspecified atom stereocenters. The summed E-state index contributed by atoms with van der Waals surface area (Å²) >= 11 is 0. The molecular formula is C10H16O6. The Morgan fingerprint density at radius 3 is 2.75 bits per heavy atom. The lowest BCUT2D eigenvalue weighted by Gasteiger charge is -2.09. The van der Waals surface area contributed by atoms with Crippen LogP contribution in [0.15, 0.2) is 11.6 Å². The molecule has 0 saturated carbocycles. The first kappa shape index (κ1) is 13.1. The topological polar surface area (TPSA) is 99.5 Å². The maximum atomic E-state index is 11.3. The molecule has 1 aliphatic heterocycles. The van der Waals surface area contributed by atoms with Gasteiger partial charge in [0.2, 0.25) is 0 Å². The zero-order valence-corrected chi connectivity index (χ0v) is 9.00. The third-order valence-electron chi connectivity index (χ3n) is 2.10. The Kier molecular flexibility index (Phi) is 4.88. The summed E-state index contributed by atoms with van der Waals surface area (Å²) in [5, 5.41) is 26.9. The van der Waals surface area contributed by atoms with Gasteiger partial charge in [0.15, 0.2) is 0 Å². The van der Waals surface area contributed by atoms with Gasteiger partial charge in [0.25, 0.3) is 0 Å². The molecular weight excluding hydrogens is 216 g/mol. The van der Waals surface area contributed by atoms with Crippen molar-refractivity contribution in [2.45, 2.75) is 25.2 Å². The number of aliphatic hydroxyl groups excluding tert-OH is 3. The second-order valence-corrected chi connectivity index (χ2v) is 3.65. The Balaban J connectivity index is 2.34. The minimum atomic E-state index is -1.08. The van der Waals surface area contributed by atoms with Crippen LogP contribution in [0.2, 0.25) is 0 Å². The largest absolute Gasteiger partial charge is 0.459 e. The van der Waals surface area contributed by atoms with Crippen LogP contribution in [0, 0.1) is 0 Å². The summed E-state index contributed by atoms with van der Waals surface area (Å²) in [6.45, 7) is 1.26. The van der Waals surface area contributed by atoms with Crippen molar-refractivity contribution in [3.63, 3.8) is 0 Å². The molecule has 0 bridgehead atoms. The van der Waals surface area contributed by atoms with Crippen molar-refractivity contribution in [2.24, 2.45) is 0 Å². The SMILES string of the molecule is CC(=CC(O)C1CO1)C(=O)OCC(O)CO. The molecule has 0 amide bonds. The molecule has 1 fully saturated rings. The summed E-state index contributed by atoms with van der Waals surface area (Å²) in [6, 6.07) is 0. The number of ether oxygens (including phenoxy) is 2. The smallest absolute Gasteiger partial charge is 0.333 e. The Bertz CT molecular complexity index is 270. The molecule has 0 aromatic carbocycles. The lowest BCUT2D eigenvalue weighted by atomic mass is 10.2. The number of carbonyl (C=O) groups is 1. The zero-order valence-electron chi connectivity index (χ0n) is 9.00. The second-order valence-electron chi connectivity index (χ2n) is 3.65. The molecule has 0 aliphatic carbocycles. The molecule has 3 atom stereocenters. The highest BCUT2D eigenvalue weighted by Crippen LogP contribution is 2.16. The average Bonchev–Trinajstić information content (AvgIpc) is 3.08. The van der Waals surface area contributed by atoms with Gasteiger partial charge in [0.1, 0.15) is 24.9 Å². The van der Waals surface area contributed by atoms with Crippen molar-refractivity contribution in [2.75, 3.05) is 19.8 Å². The summed E-state index contributed by atoms with van der Waals surface area (Å²) in [6.07, 6.45) is -0.764. The molecule has 0 aromatic heterocycles. The van der Waals surface area contributed by atoms with Gasteiger partial charge in [-0.25, -0.2) is 4.79 Å². The summed E-state index contributed by atoms with van der Waals surface area (Å²) in [4.78, 5) is 11.3. The van der Waals surface area contributed by atoms with E-state index in [2.05, 4.69) is 4.74 Å². The molecule has 0 aromatic rings. The molecule has 1 saturated heterocycles. The second kappa shape index (κ2) is 5.95. The van der Waals surface area contributed by atoms with Crippen molar-refractivity contribution >= 4 is 5.97 Å². The van der Waals surface area contributed by atoms with E-state index in [-0.39, 0.29) is 18.3 Å². The van der Waals surface area contributed by atoms with Crippen molar-refractivity contribution in [1.29, 1.82) is 0 Å². The third kappa shape index (κ3) is 4.28. The van der Waals surface area contributed by atoms with Crippen LogP contribution in [-0.2, 0) is 14.3 Å². The van der Waals surface area contributed by atoms with Crippen molar-refractivity contribution in [1.82, 2.24) is 0 Å². The molecule has 1 heterocycles. The summed E-state index contributed by atoms with van der Waals surface area (Å²) < 4.78 is 9.54. The first-order chi connectivity index (χ1) is 7.54. The van der Waals surface area contributed by atoms with Gasteiger partial charge in [0.05, 0.1) is 13.2 Å². The molecule has 92 valence electrons. The van der Waals surface area contributed by atoms with E-state index in [1.54, 1.807) is 0 Å². The molecule has 0 spiro atoms. The van der Waals surface area contributed by atoms with Gasteiger partial charge < -0.3 is 24.8 Å². The fourth-order valence-corrected chi connectivity index (χ4v) is 1.02. The first-order valence-corrected chi connectivity index (χ1v) is 4.98. The average molecular weight is 232 g/mol. The van der Waals surface area contributed by atoms with Crippen LogP contribution < -0.4 is 0 Å². The van der Waals surface area contributed by atoms with Crippen LogP contribution in [0.4, 0.5) is 0 Å². The van der Waals surface area contributed by atoms with Crippen LogP contribution in [0.25, 0.3) is 0 Å². The van der Waals surface area contributed by atoms with Crippen molar-refractivity contribution in [3.05, 3.63) is 11.6 Å². The highest BCUT2D eigenvalue weighted by atomic mass is 16.6. The number of carbonyl (C=O) groups excluding carboxylic acids is 1. The van der Waals surface area contributed by atoms with E-state index in [1.807, 2.05) is 0 Å². The number of hydrogen-bond donors (Lipinski definition) is 3. The van der Waals surface area contributed by atoms with Crippen LogP contribution in [0.1, 0.15) is 6.92 Å². The predicted octanol–water partition coefficient (Wildman–Crippen LogP) is -1.41. The lowest BCUT2D eigenvalue weighted by molar-refractivity contribution is -0.142. The molecule has 3 N–H and O–H groups in total. The van der Waals surface area contributed by atoms with Gasteiger partial charge in [-0.15, -0.1) is 0 Å². The van der Waals surface area contributed by atoms with Gasteiger partial charge in [-0.2, -0.15) is 0 Å². The fraction of sp³-hybridized carbons (Fsp3) is 0.700. The van der Waals surface area contributed by atoms with Crippen LogP contribution >= 0.6 is 0 Å². The predicted molar refractivity (Wildman–Crippen MR) is 53.6 cm³/mol. The van der Waals surface area contributed by atoms with Gasteiger partial charge in [-0.05, 0) is 13.0 Å². The van der Waals surface area contributed by atoms with E-state index >= 15 is 0 Å². The van der Waals surface area contributed by atoms with Gasteiger partial charge in [-0.1, -0.05) is 0 Å². The van der Waals surface area contributed by atoms with Crippen LogP contribution in [0.5, 0.6) is 0 Å². The highest BCUT2D eigenvalue weighted by molar-refractivity contribution is 5.87. The number of rotatable bonds is 6. The molecule has 6 nitrogen and oxygen atoms in total. The molecule has 1 aliphatic rings. The molecule has 16 heavy (non-hydrogen) atoms. The van der Waals surface area contributed by atoms with E-state index < -0.39 is 24.8 Å². The van der Waals surface area contributed by atoms with Crippen LogP contribution in [0.3, 0.4) is 0 Å². The number of esters is 1. The standard InChI is InChI=1S/C10H16O6/c1-6(2-8(13)9-5-15-9)10(14)16-4-7(12)3-11/h2,7-9,11-13H,3-5H2,1H3. The van der Waals surface area contributed by atoms with Gasteiger partial charge in [-0.3, -0.25) is 0 Å². The molecule has 0 radical (unpaired) electrons. The Labute approximate surface area is 93.1 Å². The van der Waals surface area contributed by atoms with Crippen LogP contribution in [-0.4, -0.2) is 59.4 Å². The summed E-state index contributed by atoms with van der Waals surface area (Å²) in [5.74, 6) is -0.632. The Hall–Kier alpha value is -0.950. The third-order valence-corrected chi connectivity index (χ3v) is 2.10. The van der Waals surface area contributed by atoms with E-state index in [4.69, 9.17) is 14.9 Å². The van der Waals surface area contributed by atoms with E-state index in [1.165, 1.54) is 13.0 Å². The maximum absolute atomic E-state index is 11.3. The first-order valence-electron chi connectivity index (χ1n) is 4.98. The van der Waals surface area contributed by atoms with Gasteiger partial charge in [0, 0.05) is 5.57 Å². The lowest BCUT2D eigenvalue weighted by Crippen LogP contribution is -2.23. The number of epoxide rings is 1. The van der Waals surface area contributed by atoms with E-state index in [0.717, 1.165) is 0 Å². The summed E-state index contributed by atoms with van der Waals surface area (Å²) in [7, 11) is 0. The monoisotopic (exact) mass is 232 g/mol. The maximum Gasteiger partial charge on any atom is 0.333 e. The minimum absolute atomic E-state index is 0.231. The normalized spacial score (nSPS) is 23.8. The summed E-state index contributed by atoms with van der Waals surface area (Å²) in [5.41, 5.74) is 0.244. The van der Waals surface area contributed by atoms with Gasteiger partial charge >= 0.3 is 5.97 Å². The number of aliphatic hydroxyl groups is 3. The highest BCUT2D eigenvalue weighted by Gasteiger charge is 2.30. The Morgan fingerprint density at radius 1 is 1.62 bits per heavy atom. The Morgan fingerprint density at radius 2 is 2.25 bits per heavy atom. The number of hydrogen-bond acceptors (Lipinski definition) is 6.